The molecule has 1 amide bonds. The van der Waals surface area contributed by atoms with Gasteiger partial charge in [-0.1, -0.05) is 11.6 Å². The summed E-state index contributed by atoms with van der Waals surface area (Å²) in [6, 6.07) is 11.0. The molecule has 1 aromatic heterocycles. The number of halogens is 1. The number of ether oxygens (including phenoxy) is 1. The molecule has 8 heteroatoms. The summed E-state index contributed by atoms with van der Waals surface area (Å²) in [5.41, 5.74) is 0.973. The number of aromatic amines is 1. The lowest BCUT2D eigenvalue weighted by Gasteiger charge is -2.07. The molecule has 0 fully saturated rings. The van der Waals surface area contributed by atoms with E-state index in [4.69, 9.17) is 16.3 Å². The van der Waals surface area contributed by atoms with Crippen molar-refractivity contribution in [2.45, 2.75) is 13.5 Å². The van der Waals surface area contributed by atoms with Gasteiger partial charge in [-0.25, -0.2) is 9.78 Å². The zero-order chi connectivity index (χ0) is 18.7. The highest BCUT2D eigenvalue weighted by atomic mass is 35.5. The molecule has 0 spiro atoms. The van der Waals surface area contributed by atoms with Gasteiger partial charge in [0, 0.05) is 17.6 Å². The van der Waals surface area contributed by atoms with E-state index in [0.717, 1.165) is 0 Å². The number of carbonyl (C=O) groups is 2. The molecule has 2 aromatic carbocycles. The zero-order valence-electron chi connectivity index (χ0n) is 13.7. The number of nitrogens with zero attached hydrogens (tertiary/aromatic N) is 1. The summed E-state index contributed by atoms with van der Waals surface area (Å²) in [4.78, 5) is 41.9. The van der Waals surface area contributed by atoms with E-state index in [2.05, 4.69) is 15.3 Å². The number of hydrogen-bond donors (Lipinski definition) is 2. The van der Waals surface area contributed by atoms with Crippen LogP contribution in [0, 0.1) is 0 Å². The SMILES string of the molecule is CC(=O)Nc1ccc(C(=O)OCc2nc3cc(Cl)ccc3c(=O)[nH]2)cc1. The van der Waals surface area contributed by atoms with Gasteiger partial charge in [0.2, 0.25) is 5.91 Å². The van der Waals surface area contributed by atoms with E-state index >= 15 is 0 Å². The van der Waals surface area contributed by atoms with Crippen molar-refractivity contribution in [2.75, 3.05) is 5.32 Å². The second-order valence-electron chi connectivity index (χ2n) is 5.51. The fraction of sp³-hybridized carbons (Fsp3) is 0.111. The Labute approximate surface area is 153 Å². The standard InChI is InChI=1S/C18H14ClN3O4/c1-10(23)20-13-5-2-11(3-6-13)18(25)26-9-16-21-15-8-12(19)4-7-14(15)17(24)22-16/h2-8H,9H2,1H3,(H,20,23)(H,21,22,24). The van der Waals surface area contributed by atoms with Gasteiger partial charge in [-0.15, -0.1) is 0 Å². The van der Waals surface area contributed by atoms with Crippen molar-refractivity contribution in [1.29, 1.82) is 0 Å². The molecule has 26 heavy (non-hydrogen) atoms. The minimum atomic E-state index is -0.576. The lowest BCUT2D eigenvalue weighted by Crippen LogP contribution is -2.14. The molecule has 1 heterocycles. The number of aromatic nitrogens is 2. The van der Waals surface area contributed by atoms with Crippen LogP contribution in [0.15, 0.2) is 47.3 Å². The van der Waals surface area contributed by atoms with Crippen LogP contribution >= 0.6 is 11.6 Å². The molecule has 7 nitrogen and oxygen atoms in total. The Hall–Kier alpha value is -3.19. The number of carbonyl (C=O) groups excluding carboxylic acids is 2. The first kappa shape index (κ1) is 17.6. The largest absolute Gasteiger partial charge is 0.454 e. The van der Waals surface area contributed by atoms with Crippen molar-refractivity contribution < 1.29 is 14.3 Å². The van der Waals surface area contributed by atoms with Crippen LogP contribution in [-0.4, -0.2) is 21.8 Å². The van der Waals surface area contributed by atoms with E-state index in [9.17, 15) is 14.4 Å². The summed E-state index contributed by atoms with van der Waals surface area (Å²) in [6.07, 6.45) is 0. The second kappa shape index (κ2) is 7.37. The van der Waals surface area contributed by atoms with E-state index in [1.165, 1.54) is 19.1 Å². The molecule has 3 rings (SSSR count). The van der Waals surface area contributed by atoms with Crippen LogP contribution in [-0.2, 0) is 16.1 Å². The molecular formula is C18H14ClN3O4. The highest BCUT2D eigenvalue weighted by Gasteiger charge is 2.10. The molecule has 132 valence electrons. The van der Waals surface area contributed by atoms with Gasteiger partial charge in [0.25, 0.3) is 5.56 Å². The predicted molar refractivity (Wildman–Crippen MR) is 97.2 cm³/mol. The normalized spacial score (nSPS) is 10.5. The van der Waals surface area contributed by atoms with Crippen LogP contribution in [0.4, 0.5) is 5.69 Å². The van der Waals surface area contributed by atoms with Gasteiger partial charge in [0.15, 0.2) is 0 Å². The van der Waals surface area contributed by atoms with Crippen LogP contribution in [0.2, 0.25) is 5.02 Å². The van der Waals surface area contributed by atoms with Crippen molar-refractivity contribution in [1.82, 2.24) is 9.97 Å². The van der Waals surface area contributed by atoms with Crippen LogP contribution in [0.1, 0.15) is 23.1 Å². The summed E-state index contributed by atoms with van der Waals surface area (Å²) in [5, 5.41) is 3.46. The topological polar surface area (TPSA) is 101 Å². The van der Waals surface area contributed by atoms with E-state index < -0.39 is 5.97 Å². The predicted octanol–water partition coefficient (Wildman–Crippen LogP) is 2.89. The third kappa shape index (κ3) is 4.07. The highest BCUT2D eigenvalue weighted by molar-refractivity contribution is 6.31. The Balaban J connectivity index is 1.72. The molecule has 0 saturated heterocycles. The average Bonchev–Trinajstić information content (AvgIpc) is 2.59. The molecule has 3 aromatic rings. The second-order valence-corrected chi connectivity index (χ2v) is 5.95. The van der Waals surface area contributed by atoms with Gasteiger partial charge in [-0.3, -0.25) is 9.59 Å². The van der Waals surface area contributed by atoms with Gasteiger partial charge >= 0.3 is 5.97 Å². The number of hydrogen-bond acceptors (Lipinski definition) is 5. The summed E-state index contributed by atoms with van der Waals surface area (Å²) in [7, 11) is 0. The smallest absolute Gasteiger partial charge is 0.338 e. The van der Waals surface area contributed by atoms with E-state index in [0.29, 0.717) is 27.2 Å². The van der Waals surface area contributed by atoms with E-state index in [1.54, 1.807) is 30.3 Å². The zero-order valence-corrected chi connectivity index (χ0v) is 14.5. The molecule has 0 radical (unpaired) electrons. The maximum atomic E-state index is 12.1. The lowest BCUT2D eigenvalue weighted by molar-refractivity contribution is -0.114. The average molecular weight is 372 g/mol. The molecule has 0 saturated carbocycles. The van der Waals surface area contributed by atoms with Crippen molar-refractivity contribution in [3.05, 3.63) is 69.2 Å². The fourth-order valence-corrected chi connectivity index (χ4v) is 2.51. The minimum Gasteiger partial charge on any atom is -0.454 e. The van der Waals surface area contributed by atoms with Crippen molar-refractivity contribution >= 4 is 40.1 Å². The quantitative estimate of drug-likeness (QED) is 0.687. The number of esters is 1. The van der Waals surface area contributed by atoms with Gasteiger partial charge < -0.3 is 15.0 Å². The summed E-state index contributed by atoms with van der Waals surface area (Å²) in [6.45, 7) is 1.21. The number of amides is 1. The third-order valence-electron chi connectivity index (χ3n) is 3.50. The van der Waals surface area contributed by atoms with Crippen molar-refractivity contribution in [3.63, 3.8) is 0 Å². The number of nitrogens with one attached hydrogen (secondary N) is 2. The van der Waals surface area contributed by atoms with Gasteiger partial charge in [0.05, 0.1) is 16.5 Å². The molecule has 0 aliphatic carbocycles. The molecule has 0 bridgehead atoms. The first-order valence-corrected chi connectivity index (χ1v) is 8.03. The first-order valence-electron chi connectivity index (χ1n) is 7.65. The number of fused-ring (bicyclic) bond motifs is 1. The monoisotopic (exact) mass is 371 g/mol. The van der Waals surface area contributed by atoms with Crippen molar-refractivity contribution in [3.8, 4) is 0 Å². The Morgan fingerprint density at radius 1 is 1.19 bits per heavy atom. The maximum Gasteiger partial charge on any atom is 0.338 e. The summed E-state index contributed by atoms with van der Waals surface area (Å²) < 4.78 is 5.18. The Kier molecular flexibility index (Phi) is 4.99. The van der Waals surface area contributed by atoms with Gasteiger partial charge in [-0.05, 0) is 42.5 Å². The minimum absolute atomic E-state index is 0.191. The van der Waals surface area contributed by atoms with Gasteiger partial charge in [0.1, 0.15) is 12.4 Å². The van der Waals surface area contributed by atoms with Crippen LogP contribution in [0.5, 0.6) is 0 Å². The number of anilines is 1. The van der Waals surface area contributed by atoms with E-state index in [1.807, 2.05) is 0 Å². The molecule has 0 aliphatic rings. The van der Waals surface area contributed by atoms with Crippen LogP contribution in [0.25, 0.3) is 10.9 Å². The lowest BCUT2D eigenvalue weighted by atomic mass is 10.2. The number of rotatable bonds is 4. The Bertz CT molecular complexity index is 1040. The highest BCUT2D eigenvalue weighted by Crippen LogP contribution is 2.15. The first-order chi connectivity index (χ1) is 12.4. The van der Waals surface area contributed by atoms with Gasteiger partial charge in [-0.2, -0.15) is 0 Å². The summed E-state index contributed by atoms with van der Waals surface area (Å²) >= 11 is 5.91. The maximum absolute atomic E-state index is 12.1. The molecule has 0 unspecified atom stereocenters. The molecular weight excluding hydrogens is 358 g/mol. The molecule has 0 aliphatic heterocycles. The molecule has 0 atom stereocenters. The Morgan fingerprint density at radius 2 is 1.92 bits per heavy atom. The molecule has 2 N–H and O–H groups in total. The Morgan fingerprint density at radius 3 is 2.62 bits per heavy atom. The number of H-pyrrole nitrogens is 1. The van der Waals surface area contributed by atoms with Crippen LogP contribution < -0.4 is 10.9 Å². The van der Waals surface area contributed by atoms with Crippen molar-refractivity contribution in [2.24, 2.45) is 0 Å². The fourth-order valence-electron chi connectivity index (χ4n) is 2.34. The third-order valence-corrected chi connectivity index (χ3v) is 3.73. The number of benzene rings is 2. The summed E-state index contributed by atoms with van der Waals surface area (Å²) in [5.74, 6) is -0.562. The van der Waals surface area contributed by atoms with E-state index in [-0.39, 0.29) is 23.9 Å². The van der Waals surface area contributed by atoms with Crippen LogP contribution in [0.3, 0.4) is 0 Å².